The Morgan fingerprint density at radius 1 is 1.46 bits per heavy atom. The number of rotatable bonds is 4. The van der Waals surface area contributed by atoms with E-state index in [4.69, 9.17) is 0 Å². The van der Waals surface area contributed by atoms with Crippen molar-refractivity contribution in [2.75, 3.05) is 7.11 Å². The highest BCUT2D eigenvalue weighted by Crippen LogP contribution is 2.18. The molecule has 13 heavy (non-hydrogen) atoms. The molecule has 0 aliphatic rings. The van der Waals surface area contributed by atoms with Crippen LogP contribution in [0.2, 0.25) is 0 Å². The number of esters is 1. The lowest BCUT2D eigenvalue weighted by molar-refractivity contribution is -0.150. The molecule has 0 rings (SSSR count). The molecule has 0 aliphatic heterocycles. The third-order valence-corrected chi connectivity index (χ3v) is 1.95. The summed E-state index contributed by atoms with van der Waals surface area (Å²) in [5.74, 6) is -0.763. The second-order valence-electron chi connectivity index (χ2n) is 3.31. The van der Waals surface area contributed by atoms with E-state index in [0.717, 1.165) is 0 Å². The molecule has 2 atom stereocenters. The van der Waals surface area contributed by atoms with E-state index in [1.165, 1.54) is 7.11 Å². The molecule has 0 heterocycles. The lowest BCUT2D eigenvalue weighted by Gasteiger charge is -2.21. The van der Waals surface area contributed by atoms with Gasteiger partial charge in [0, 0.05) is 0 Å². The van der Waals surface area contributed by atoms with Crippen LogP contribution in [0, 0.1) is 11.8 Å². The van der Waals surface area contributed by atoms with Gasteiger partial charge in [-0.3, -0.25) is 4.79 Å². The van der Waals surface area contributed by atoms with E-state index in [0.29, 0.717) is 0 Å². The zero-order valence-electron chi connectivity index (χ0n) is 8.65. The molecule has 0 saturated heterocycles. The van der Waals surface area contributed by atoms with Crippen molar-refractivity contribution in [1.82, 2.24) is 0 Å². The quantitative estimate of drug-likeness (QED) is 0.533. The maximum absolute atomic E-state index is 11.3. The van der Waals surface area contributed by atoms with Crippen LogP contribution in [0.15, 0.2) is 12.2 Å². The largest absolute Gasteiger partial charge is 0.469 e. The summed E-state index contributed by atoms with van der Waals surface area (Å²) in [6.07, 6.45) is 2.57. The predicted molar refractivity (Wildman–Crippen MR) is 51.2 cm³/mol. The van der Waals surface area contributed by atoms with Gasteiger partial charge in [0.15, 0.2) is 0 Å². The third-order valence-electron chi connectivity index (χ3n) is 1.95. The molecule has 0 aliphatic carbocycles. The Kier molecular flexibility index (Phi) is 5.39. The smallest absolute Gasteiger partial charge is 0.311 e. The Balaban J connectivity index is 4.50. The second-order valence-corrected chi connectivity index (χ2v) is 3.31. The van der Waals surface area contributed by atoms with Crippen molar-refractivity contribution in [1.29, 1.82) is 0 Å². The normalized spacial score (nSPS) is 16.2. The maximum atomic E-state index is 11.3. The number of ether oxygens (including phenoxy) is 1. The van der Waals surface area contributed by atoms with Crippen LogP contribution in [0.4, 0.5) is 0 Å². The van der Waals surface area contributed by atoms with Crippen LogP contribution >= 0.6 is 0 Å². The lowest BCUT2D eigenvalue weighted by atomic mass is 9.90. The van der Waals surface area contributed by atoms with Crippen LogP contribution in [0.5, 0.6) is 0 Å². The summed E-state index contributed by atoms with van der Waals surface area (Å²) in [5, 5.41) is 9.59. The fraction of sp³-hybridized carbons (Fsp3) is 0.700. The van der Waals surface area contributed by atoms with Crippen LogP contribution in [0.3, 0.4) is 0 Å². The van der Waals surface area contributed by atoms with Gasteiger partial charge in [-0.1, -0.05) is 26.0 Å². The number of allylic oxidation sites excluding steroid dienone is 1. The molecule has 3 heteroatoms. The number of methoxy groups -OCH3 is 1. The standard InChI is InChI=1S/C10H18O3/c1-5-6-8(11)9(7(2)3)10(12)13-4/h5-9,11H,1-4H3/b6-5+/t8-,9+/m1/s1. The predicted octanol–water partition coefficient (Wildman–Crippen LogP) is 1.37. The van der Waals surface area contributed by atoms with Crippen molar-refractivity contribution >= 4 is 5.97 Å². The van der Waals surface area contributed by atoms with Crippen molar-refractivity contribution in [3.05, 3.63) is 12.2 Å². The molecule has 0 aromatic carbocycles. The molecule has 0 saturated carbocycles. The van der Waals surface area contributed by atoms with Crippen LogP contribution in [-0.4, -0.2) is 24.3 Å². The molecule has 0 bridgehead atoms. The van der Waals surface area contributed by atoms with Gasteiger partial charge in [0.05, 0.1) is 19.1 Å². The summed E-state index contributed by atoms with van der Waals surface area (Å²) >= 11 is 0. The summed E-state index contributed by atoms with van der Waals surface area (Å²) in [5.41, 5.74) is 0. The van der Waals surface area contributed by atoms with Crippen LogP contribution in [0.1, 0.15) is 20.8 Å². The topological polar surface area (TPSA) is 46.5 Å². The van der Waals surface area contributed by atoms with Crippen molar-refractivity contribution in [3.8, 4) is 0 Å². The molecule has 3 nitrogen and oxygen atoms in total. The lowest BCUT2D eigenvalue weighted by Crippen LogP contribution is -2.32. The van der Waals surface area contributed by atoms with Gasteiger partial charge in [0.1, 0.15) is 0 Å². The van der Waals surface area contributed by atoms with Crippen LogP contribution < -0.4 is 0 Å². The Labute approximate surface area is 79.4 Å². The molecule has 0 spiro atoms. The summed E-state index contributed by atoms with van der Waals surface area (Å²) in [4.78, 5) is 11.3. The highest BCUT2D eigenvalue weighted by molar-refractivity contribution is 5.73. The fourth-order valence-corrected chi connectivity index (χ4v) is 1.26. The number of aliphatic hydroxyl groups is 1. The Morgan fingerprint density at radius 3 is 2.31 bits per heavy atom. The first kappa shape index (κ1) is 12.2. The molecule has 1 N–H and O–H groups in total. The Morgan fingerprint density at radius 2 is 2.00 bits per heavy atom. The summed E-state index contributed by atoms with van der Waals surface area (Å²) in [7, 11) is 1.33. The van der Waals surface area contributed by atoms with E-state index in [1.54, 1.807) is 19.1 Å². The van der Waals surface area contributed by atoms with E-state index in [9.17, 15) is 9.90 Å². The monoisotopic (exact) mass is 186 g/mol. The molecular formula is C10H18O3. The van der Waals surface area contributed by atoms with Crippen molar-refractivity contribution in [2.24, 2.45) is 11.8 Å². The zero-order chi connectivity index (χ0) is 10.4. The third kappa shape index (κ3) is 3.59. The summed E-state index contributed by atoms with van der Waals surface area (Å²) < 4.78 is 4.61. The number of aliphatic hydroxyl groups excluding tert-OH is 1. The molecule has 0 radical (unpaired) electrons. The SMILES string of the molecule is C/C=C/[C@@H](O)[C@@H](C(=O)OC)C(C)C. The number of hydrogen-bond donors (Lipinski definition) is 1. The first-order valence-corrected chi connectivity index (χ1v) is 4.43. The molecule has 0 aromatic rings. The average molecular weight is 186 g/mol. The summed E-state index contributed by atoms with van der Waals surface area (Å²) in [6.45, 7) is 5.57. The van der Waals surface area contributed by atoms with Gasteiger partial charge in [0.25, 0.3) is 0 Å². The average Bonchev–Trinajstić information content (AvgIpc) is 2.04. The maximum Gasteiger partial charge on any atom is 0.311 e. The van der Waals surface area contributed by atoms with E-state index in [2.05, 4.69) is 4.74 Å². The molecule has 76 valence electrons. The summed E-state index contributed by atoms with van der Waals surface area (Å²) in [6, 6.07) is 0. The van der Waals surface area contributed by atoms with E-state index in [-0.39, 0.29) is 11.9 Å². The molecular weight excluding hydrogens is 168 g/mol. The minimum Gasteiger partial charge on any atom is -0.469 e. The van der Waals surface area contributed by atoms with E-state index >= 15 is 0 Å². The molecule has 0 fully saturated rings. The second kappa shape index (κ2) is 5.75. The Hall–Kier alpha value is -0.830. The highest BCUT2D eigenvalue weighted by Gasteiger charge is 2.28. The van der Waals surface area contributed by atoms with Gasteiger partial charge in [-0.2, -0.15) is 0 Å². The van der Waals surface area contributed by atoms with Crippen LogP contribution in [-0.2, 0) is 9.53 Å². The molecule has 0 aromatic heterocycles. The van der Waals surface area contributed by atoms with Crippen molar-refractivity contribution in [2.45, 2.75) is 26.9 Å². The van der Waals surface area contributed by atoms with E-state index < -0.39 is 12.0 Å². The van der Waals surface area contributed by atoms with Crippen molar-refractivity contribution < 1.29 is 14.6 Å². The van der Waals surface area contributed by atoms with E-state index in [1.807, 2.05) is 13.8 Å². The zero-order valence-corrected chi connectivity index (χ0v) is 8.65. The number of carbonyl (C=O) groups is 1. The highest BCUT2D eigenvalue weighted by atomic mass is 16.5. The van der Waals surface area contributed by atoms with Gasteiger partial charge in [-0.15, -0.1) is 0 Å². The molecule has 0 amide bonds. The van der Waals surface area contributed by atoms with Gasteiger partial charge < -0.3 is 9.84 Å². The first-order chi connectivity index (χ1) is 6.04. The van der Waals surface area contributed by atoms with Crippen molar-refractivity contribution in [3.63, 3.8) is 0 Å². The number of hydrogen-bond acceptors (Lipinski definition) is 3. The first-order valence-electron chi connectivity index (χ1n) is 4.43. The minimum atomic E-state index is -0.752. The Bertz CT molecular complexity index is 185. The van der Waals surface area contributed by atoms with Gasteiger partial charge in [-0.25, -0.2) is 0 Å². The molecule has 0 unspecified atom stereocenters. The number of carbonyl (C=O) groups excluding carboxylic acids is 1. The van der Waals surface area contributed by atoms with Crippen LogP contribution in [0.25, 0.3) is 0 Å². The van der Waals surface area contributed by atoms with Gasteiger partial charge in [-0.05, 0) is 12.8 Å². The fourth-order valence-electron chi connectivity index (χ4n) is 1.26. The minimum absolute atomic E-state index is 0.0682. The van der Waals surface area contributed by atoms with Gasteiger partial charge >= 0.3 is 5.97 Å². The van der Waals surface area contributed by atoms with Gasteiger partial charge in [0.2, 0.25) is 0 Å².